The van der Waals surface area contributed by atoms with Gasteiger partial charge in [0.05, 0.1) is 11.4 Å². The number of nitrogen functional groups attached to an aromatic ring is 1. The molecule has 0 saturated heterocycles. The van der Waals surface area contributed by atoms with Crippen LogP contribution in [-0.2, 0) is 0 Å². The molecule has 0 bridgehead atoms. The van der Waals surface area contributed by atoms with Gasteiger partial charge in [-0.3, -0.25) is 0 Å². The van der Waals surface area contributed by atoms with Crippen molar-refractivity contribution < 1.29 is 9.47 Å². The topological polar surface area (TPSA) is 56.5 Å². The maximum Gasteiger partial charge on any atom is 0.163 e. The first-order valence-corrected chi connectivity index (χ1v) is 7.43. The predicted octanol–water partition coefficient (Wildman–Crippen LogP) is 2.35. The third-order valence-electron chi connectivity index (χ3n) is 3.56. The highest BCUT2D eigenvalue weighted by Gasteiger charge is 2.41. The SMILES string of the molecule is CSC1(CNc2cc3c(cc2N)OCCO3)CC1. The van der Waals surface area contributed by atoms with Gasteiger partial charge in [0, 0.05) is 23.4 Å². The number of thioether (sulfide) groups is 1. The standard InChI is InChI=1S/C13H18N2O2S/c1-18-13(2-3-13)8-15-10-7-12-11(6-9(10)14)16-4-5-17-12/h6-7,15H,2-5,8,14H2,1H3. The normalized spacial score (nSPS) is 19.4. The molecule has 1 aliphatic carbocycles. The Labute approximate surface area is 111 Å². The minimum atomic E-state index is 0.416. The van der Waals surface area contributed by atoms with Gasteiger partial charge in [-0.2, -0.15) is 11.8 Å². The van der Waals surface area contributed by atoms with E-state index in [-0.39, 0.29) is 0 Å². The monoisotopic (exact) mass is 266 g/mol. The van der Waals surface area contributed by atoms with Gasteiger partial charge in [-0.1, -0.05) is 0 Å². The molecule has 0 amide bonds. The zero-order valence-corrected chi connectivity index (χ0v) is 11.3. The van der Waals surface area contributed by atoms with Crippen LogP contribution in [-0.4, -0.2) is 30.8 Å². The molecule has 1 saturated carbocycles. The second-order valence-corrected chi connectivity index (χ2v) is 6.10. The Morgan fingerprint density at radius 2 is 1.94 bits per heavy atom. The molecule has 0 spiro atoms. The van der Waals surface area contributed by atoms with E-state index >= 15 is 0 Å². The van der Waals surface area contributed by atoms with Crippen LogP contribution in [0.4, 0.5) is 11.4 Å². The van der Waals surface area contributed by atoms with Crippen molar-refractivity contribution in [1.82, 2.24) is 0 Å². The average molecular weight is 266 g/mol. The number of hydrogen-bond donors (Lipinski definition) is 2. The first-order valence-electron chi connectivity index (χ1n) is 6.21. The summed E-state index contributed by atoms with van der Waals surface area (Å²) in [5.41, 5.74) is 7.69. The molecular weight excluding hydrogens is 248 g/mol. The number of benzene rings is 1. The van der Waals surface area contributed by atoms with Crippen LogP contribution in [0, 0.1) is 0 Å². The number of ether oxygens (including phenoxy) is 2. The van der Waals surface area contributed by atoms with E-state index in [1.54, 1.807) is 0 Å². The predicted molar refractivity (Wildman–Crippen MR) is 75.8 cm³/mol. The summed E-state index contributed by atoms with van der Waals surface area (Å²) < 4.78 is 11.5. The molecule has 3 rings (SSSR count). The van der Waals surface area contributed by atoms with E-state index in [1.807, 2.05) is 23.9 Å². The van der Waals surface area contributed by atoms with Gasteiger partial charge in [-0.25, -0.2) is 0 Å². The van der Waals surface area contributed by atoms with Crippen LogP contribution >= 0.6 is 11.8 Å². The lowest BCUT2D eigenvalue weighted by molar-refractivity contribution is 0.172. The molecule has 18 heavy (non-hydrogen) atoms. The molecule has 4 nitrogen and oxygen atoms in total. The van der Waals surface area contributed by atoms with Crippen molar-refractivity contribution in [3.8, 4) is 11.5 Å². The Kier molecular flexibility index (Phi) is 2.93. The molecule has 0 aromatic heterocycles. The number of fused-ring (bicyclic) bond motifs is 1. The van der Waals surface area contributed by atoms with Gasteiger partial charge < -0.3 is 20.5 Å². The number of anilines is 2. The summed E-state index contributed by atoms with van der Waals surface area (Å²) in [5, 5.41) is 3.44. The van der Waals surface area contributed by atoms with E-state index in [0.29, 0.717) is 18.0 Å². The van der Waals surface area contributed by atoms with Gasteiger partial charge >= 0.3 is 0 Å². The molecule has 1 aromatic rings. The third-order valence-corrected chi connectivity index (χ3v) is 4.97. The fourth-order valence-electron chi connectivity index (χ4n) is 2.11. The van der Waals surface area contributed by atoms with Crippen molar-refractivity contribution in [3.05, 3.63) is 12.1 Å². The van der Waals surface area contributed by atoms with Crippen LogP contribution in [0.3, 0.4) is 0 Å². The highest BCUT2D eigenvalue weighted by Crippen LogP contribution is 2.47. The van der Waals surface area contributed by atoms with Crippen LogP contribution < -0.4 is 20.5 Å². The van der Waals surface area contributed by atoms with E-state index in [9.17, 15) is 0 Å². The van der Waals surface area contributed by atoms with Crippen molar-refractivity contribution in [2.75, 3.05) is 37.1 Å². The lowest BCUT2D eigenvalue weighted by Gasteiger charge is -2.21. The van der Waals surface area contributed by atoms with Crippen LogP contribution in [0.5, 0.6) is 11.5 Å². The Morgan fingerprint density at radius 1 is 1.28 bits per heavy atom. The van der Waals surface area contributed by atoms with E-state index in [1.165, 1.54) is 12.8 Å². The fraction of sp³-hybridized carbons (Fsp3) is 0.538. The van der Waals surface area contributed by atoms with E-state index in [0.717, 1.165) is 29.4 Å². The quantitative estimate of drug-likeness (QED) is 0.819. The molecular formula is C13H18N2O2S. The third kappa shape index (κ3) is 2.19. The smallest absolute Gasteiger partial charge is 0.163 e. The Balaban J connectivity index is 1.75. The summed E-state index contributed by atoms with van der Waals surface area (Å²) in [6, 6.07) is 3.79. The molecule has 2 aliphatic rings. The first-order chi connectivity index (χ1) is 8.72. The first kappa shape index (κ1) is 11.8. The minimum Gasteiger partial charge on any atom is -0.486 e. The highest BCUT2D eigenvalue weighted by molar-refractivity contribution is 8.00. The number of rotatable bonds is 4. The maximum atomic E-state index is 6.03. The van der Waals surface area contributed by atoms with Crippen LogP contribution in [0.2, 0.25) is 0 Å². The molecule has 1 aliphatic heterocycles. The largest absolute Gasteiger partial charge is 0.486 e. The molecule has 0 unspecified atom stereocenters. The lowest BCUT2D eigenvalue weighted by Crippen LogP contribution is -2.19. The summed E-state index contributed by atoms with van der Waals surface area (Å²) in [4.78, 5) is 0. The van der Waals surface area contributed by atoms with Gasteiger partial charge in [0.25, 0.3) is 0 Å². The minimum absolute atomic E-state index is 0.416. The Bertz CT molecular complexity index is 461. The van der Waals surface area contributed by atoms with Crippen molar-refractivity contribution in [3.63, 3.8) is 0 Å². The van der Waals surface area contributed by atoms with Gasteiger partial charge in [-0.15, -0.1) is 0 Å². The molecule has 1 aromatic carbocycles. The number of hydrogen-bond acceptors (Lipinski definition) is 5. The van der Waals surface area contributed by atoms with Gasteiger partial charge in [0.1, 0.15) is 13.2 Å². The van der Waals surface area contributed by atoms with E-state index in [2.05, 4.69) is 11.6 Å². The fourth-order valence-corrected chi connectivity index (χ4v) is 2.83. The zero-order valence-electron chi connectivity index (χ0n) is 10.5. The van der Waals surface area contributed by atoms with Gasteiger partial charge in [0.2, 0.25) is 0 Å². The second-order valence-electron chi connectivity index (χ2n) is 4.82. The number of nitrogens with one attached hydrogen (secondary N) is 1. The summed E-state index contributed by atoms with van der Waals surface area (Å²) in [5.74, 6) is 1.53. The molecule has 1 fully saturated rings. The lowest BCUT2D eigenvalue weighted by atomic mass is 10.2. The van der Waals surface area contributed by atoms with Crippen LogP contribution in [0.25, 0.3) is 0 Å². The Hall–Kier alpha value is -1.23. The molecule has 3 N–H and O–H groups in total. The van der Waals surface area contributed by atoms with Crippen LogP contribution in [0.1, 0.15) is 12.8 Å². The van der Waals surface area contributed by atoms with Gasteiger partial charge in [0.15, 0.2) is 11.5 Å². The zero-order chi connectivity index (χ0) is 12.6. The molecule has 0 atom stereocenters. The van der Waals surface area contributed by atoms with Crippen molar-refractivity contribution >= 4 is 23.1 Å². The summed E-state index contributed by atoms with van der Waals surface area (Å²) in [6.45, 7) is 2.15. The molecule has 98 valence electrons. The van der Waals surface area contributed by atoms with Gasteiger partial charge in [-0.05, 0) is 19.1 Å². The van der Waals surface area contributed by atoms with Crippen molar-refractivity contribution in [2.45, 2.75) is 17.6 Å². The highest BCUT2D eigenvalue weighted by atomic mass is 32.2. The second kappa shape index (κ2) is 4.46. The molecule has 5 heteroatoms. The van der Waals surface area contributed by atoms with E-state index < -0.39 is 0 Å². The summed E-state index contributed by atoms with van der Waals surface area (Å²) in [7, 11) is 0. The molecule has 1 heterocycles. The molecule has 0 radical (unpaired) electrons. The van der Waals surface area contributed by atoms with Crippen molar-refractivity contribution in [2.24, 2.45) is 0 Å². The maximum absolute atomic E-state index is 6.03. The van der Waals surface area contributed by atoms with Crippen molar-refractivity contribution in [1.29, 1.82) is 0 Å². The number of nitrogens with two attached hydrogens (primary N) is 1. The summed E-state index contributed by atoms with van der Waals surface area (Å²) in [6.07, 6.45) is 4.74. The Morgan fingerprint density at radius 3 is 2.56 bits per heavy atom. The average Bonchev–Trinajstić information content (AvgIpc) is 3.17. The van der Waals surface area contributed by atoms with Crippen LogP contribution in [0.15, 0.2) is 12.1 Å². The summed E-state index contributed by atoms with van der Waals surface area (Å²) >= 11 is 1.93. The van der Waals surface area contributed by atoms with E-state index in [4.69, 9.17) is 15.2 Å².